The fourth-order valence-corrected chi connectivity index (χ4v) is 3.76. The van der Waals surface area contributed by atoms with E-state index in [1.165, 1.54) is 4.68 Å². The maximum Gasteiger partial charge on any atom is 0.353 e. The van der Waals surface area contributed by atoms with Crippen molar-refractivity contribution < 1.29 is 14.1 Å². The average molecular weight is 424 g/mol. The number of hydrogen-bond acceptors (Lipinski definition) is 6. The third kappa shape index (κ3) is 5.05. The molecule has 0 saturated heterocycles. The van der Waals surface area contributed by atoms with Crippen LogP contribution in [0.2, 0.25) is 18.1 Å². The first-order chi connectivity index (χ1) is 13.2. The SMILES string of the molecule is Cc1cc(-n2nc(OC[C@H](C)CO[Si](C)(C)C(C)(C)C)c([N+](=O)[O-])c2C)n(C)n1. The summed E-state index contributed by atoms with van der Waals surface area (Å²) in [6, 6.07) is 1.82. The Morgan fingerprint density at radius 1 is 1.24 bits per heavy atom. The van der Waals surface area contributed by atoms with Gasteiger partial charge in [-0.25, -0.2) is 4.68 Å². The third-order valence-corrected chi connectivity index (χ3v) is 9.97. The average Bonchev–Trinajstić information content (AvgIpc) is 3.08. The van der Waals surface area contributed by atoms with E-state index in [0.717, 1.165) is 5.69 Å². The van der Waals surface area contributed by atoms with Crippen molar-refractivity contribution in [2.75, 3.05) is 13.2 Å². The normalized spacial score (nSPS) is 13.6. The van der Waals surface area contributed by atoms with Gasteiger partial charge in [-0.2, -0.15) is 5.10 Å². The van der Waals surface area contributed by atoms with E-state index in [2.05, 4.69) is 44.1 Å². The predicted molar refractivity (Wildman–Crippen MR) is 114 cm³/mol. The van der Waals surface area contributed by atoms with Crippen LogP contribution in [0.5, 0.6) is 5.88 Å². The summed E-state index contributed by atoms with van der Waals surface area (Å²) >= 11 is 0. The number of nitro groups is 1. The molecule has 0 aliphatic carbocycles. The molecule has 0 radical (unpaired) electrons. The van der Waals surface area contributed by atoms with Crippen molar-refractivity contribution in [3.63, 3.8) is 0 Å². The number of aryl methyl sites for hydroxylation is 2. The van der Waals surface area contributed by atoms with Crippen LogP contribution in [0.15, 0.2) is 6.07 Å². The second kappa shape index (κ2) is 8.27. The first-order valence-corrected chi connectivity index (χ1v) is 12.7. The number of nitrogens with zero attached hydrogens (tertiary/aromatic N) is 5. The summed E-state index contributed by atoms with van der Waals surface area (Å²) in [5.41, 5.74) is 1.08. The molecule has 0 N–H and O–H groups in total. The zero-order chi connectivity index (χ0) is 22.1. The molecular weight excluding hydrogens is 390 g/mol. The highest BCUT2D eigenvalue weighted by molar-refractivity contribution is 6.74. The van der Waals surface area contributed by atoms with Crippen LogP contribution in [0.25, 0.3) is 5.82 Å². The Kier molecular flexibility index (Phi) is 6.58. The van der Waals surface area contributed by atoms with Gasteiger partial charge in [0.2, 0.25) is 0 Å². The highest BCUT2D eigenvalue weighted by Gasteiger charge is 2.37. The molecule has 2 aromatic rings. The van der Waals surface area contributed by atoms with Crippen molar-refractivity contribution >= 4 is 14.0 Å². The Morgan fingerprint density at radius 2 is 1.86 bits per heavy atom. The van der Waals surface area contributed by atoms with E-state index in [9.17, 15) is 10.1 Å². The highest BCUT2D eigenvalue weighted by atomic mass is 28.4. The molecule has 0 fully saturated rings. The van der Waals surface area contributed by atoms with Crippen LogP contribution < -0.4 is 4.74 Å². The van der Waals surface area contributed by atoms with E-state index < -0.39 is 13.2 Å². The molecular formula is C19H33N5O4Si. The van der Waals surface area contributed by atoms with Gasteiger partial charge >= 0.3 is 11.6 Å². The van der Waals surface area contributed by atoms with Gasteiger partial charge in [-0.1, -0.05) is 27.7 Å². The lowest BCUT2D eigenvalue weighted by molar-refractivity contribution is -0.386. The second-order valence-corrected chi connectivity index (χ2v) is 14.0. The molecule has 0 aliphatic rings. The molecule has 0 spiro atoms. The molecule has 1 atom stereocenters. The van der Waals surface area contributed by atoms with E-state index in [1.54, 1.807) is 18.7 Å². The first-order valence-electron chi connectivity index (χ1n) is 9.76. The van der Waals surface area contributed by atoms with E-state index in [4.69, 9.17) is 9.16 Å². The van der Waals surface area contributed by atoms with Crippen molar-refractivity contribution in [2.45, 2.75) is 59.7 Å². The minimum Gasteiger partial charge on any atom is -0.471 e. The number of ether oxygens (including phenoxy) is 1. The quantitative estimate of drug-likeness (QED) is 0.359. The zero-order valence-electron chi connectivity index (χ0n) is 18.9. The highest BCUT2D eigenvalue weighted by Crippen LogP contribution is 2.37. The van der Waals surface area contributed by atoms with Crippen LogP contribution in [0, 0.1) is 29.9 Å². The monoisotopic (exact) mass is 423 g/mol. The van der Waals surface area contributed by atoms with Crippen LogP contribution >= 0.6 is 0 Å². The van der Waals surface area contributed by atoms with Crippen LogP contribution in [0.1, 0.15) is 39.1 Å². The first kappa shape index (κ1) is 23.1. The van der Waals surface area contributed by atoms with Gasteiger partial charge in [0, 0.05) is 25.6 Å². The summed E-state index contributed by atoms with van der Waals surface area (Å²) < 4.78 is 15.1. The van der Waals surface area contributed by atoms with E-state index in [-0.39, 0.29) is 29.1 Å². The van der Waals surface area contributed by atoms with Crippen molar-refractivity contribution in [3.8, 4) is 11.7 Å². The minimum absolute atomic E-state index is 0.0190. The van der Waals surface area contributed by atoms with Crippen LogP contribution in [-0.4, -0.2) is 46.0 Å². The van der Waals surface area contributed by atoms with Gasteiger partial charge in [-0.15, -0.1) is 5.10 Å². The van der Waals surface area contributed by atoms with E-state index in [1.807, 2.05) is 19.9 Å². The molecule has 0 amide bonds. The lowest BCUT2D eigenvalue weighted by atomic mass is 10.2. The van der Waals surface area contributed by atoms with Crippen molar-refractivity contribution in [1.82, 2.24) is 19.6 Å². The maximum absolute atomic E-state index is 11.6. The molecule has 0 unspecified atom stereocenters. The summed E-state index contributed by atoms with van der Waals surface area (Å²) in [4.78, 5) is 11.2. The van der Waals surface area contributed by atoms with Gasteiger partial charge in [-0.05, 0) is 32.0 Å². The molecule has 0 saturated carbocycles. The van der Waals surface area contributed by atoms with Gasteiger partial charge in [0.15, 0.2) is 14.1 Å². The smallest absolute Gasteiger partial charge is 0.353 e. The van der Waals surface area contributed by atoms with Gasteiger partial charge in [0.25, 0.3) is 0 Å². The van der Waals surface area contributed by atoms with E-state index >= 15 is 0 Å². The summed E-state index contributed by atoms with van der Waals surface area (Å²) in [6.07, 6.45) is 0. The predicted octanol–water partition coefficient (Wildman–Crippen LogP) is 4.17. The third-order valence-electron chi connectivity index (χ3n) is 5.47. The minimum atomic E-state index is -1.85. The van der Waals surface area contributed by atoms with Crippen LogP contribution in [0.3, 0.4) is 0 Å². The molecule has 162 valence electrons. The van der Waals surface area contributed by atoms with Gasteiger partial charge in [0.05, 0.1) is 17.2 Å². The number of aromatic nitrogens is 4. The van der Waals surface area contributed by atoms with Crippen LogP contribution in [0.4, 0.5) is 5.69 Å². The van der Waals surface area contributed by atoms with Gasteiger partial charge in [0.1, 0.15) is 5.69 Å². The number of rotatable bonds is 8. The van der Waals surface area contributed by atoms with Crippen molar-refractivity contribution in [2.24, 2.45) is 13.0 Å². The summed E-state index contributed by atoms with van der Waals surface area (Å²) in [5.74, 6) is 0.742. The summed E-state index contributed by atoms with van der Waals surface area (Å²) in [7, 11) is -0.0770. The Bertz CT molecular complexity index is 882. The second-order valence-electron chi connectivity index (χ2n) is 9.16. The molecule has 10 heteroatoms. The zero-order valence-corrected chi connectivity index (χ0v) is 19.9. The van der Waals surface area contributed by atoms with E-state index in [0.29, 0.717) is 18.1 Å². The van der Waals surface area contributed by atoms with Crippen LogP contribution in [-0.2, 0) is 11.5 Å². The Morgan fingerprint density at radius 3 is 2.34 bits per heavy atom. The molecule has 0 bridgehead atoms. The van der Waals surface area contributed by atoms with Gasteiger partial charge in [-0.3, -0.25) is 14.8 Å². The lowest BCUT2D eigenvalue weighted by Crippen LogP contribution is -2.42. The molecule has 2 aromatic heterocycles. The van der Waals surface area contributed by atoms with Crippen molar-refractivity contribution in [1.29, 1.82) is 0 Å². The standard InChI is InChI=1S/C19H33N5O4Si/c1-13(12-28-29(8,9)19(4,5)6)11-27-18-17(24(25)26)15(3)23(21-18)16-10-14(2)20-22(16)7/h10,13H,11-12H2,1-9H3/t13-/m0/s1. The summed E-state index contributed by atoms with van der Waals surface area (Å²) in [6.45, 7) is 17.3. The molecule has 0 aromatic carbocycles. The largest absolute Gasteiger partial charge is 0.471 e. The Balaban J connectivity index is 2.15. The summed E-state index contributed by atoms with van der Waals surface area (Å²) in [5, 5.41) is 20.4. The lowest BCUT2D eigenvalue weighted by Gasteiger charge is -2.36. The topological polar surface area (TPSA) is 97.2 Å². The maximum atomic E-state index is 11.6. The Labute approximate surface area is 173 Å². The number of hydrogen-bond donors (Lipinski definition) is 0. The molecule has 2 rings (SSSR count). The van der Waals surface area contributed by atoms with Crippen molar-refractivity contribution in [3.05, 3.63) is 27.6 Å². The molecule has 2 heterocycles. The van der Waals surface area contributed by atoms with Gasteiger partial charge < -0.3 is 9.16 Å². The molecule has 29 heavy (non-hydrogen) atoms. The molecule has 9 nitrogen and oxygen atoms in total. The Hall–Kier alpha value is -2.20. The molecule has 0 aliphatic heterocycles. The fraction of sp³-hybridized carbons (Fsp3) is 0.684. The fourth-order valence-electron chi connectivity index (χ4n) is 2.63.